The van der Waals surface area contributed by atoms with Gasteiger partial charge in [-0.1, -0.05) is 33.6 Å². The number of carbonyl (C=O) groups is 1. The number of aromatic amines is 1. The lowest BCUT2D eigenvalue weighted by Gasteiger charge is -2.32. The Morgan fingerprint density at radius 2 is 2.05 bits per heavy atom. The van der Waals surface area contributed by atoms with Gasteiger partial charge in [-0.05, 0) is 19.3 Å². The predicted octanol–water partition coefficient (Wildman–Crippen LogP) is 2.52. The molecule has 20 heavy (non-hydrogen) atoms. The van der Waals surface area contributed by atoms with Gasteiger partial charge in [-0.2, -0.15) is 0 Å². The van der Waals surface area contributed by atoms with Crippen LogP contribution < -0.4 is 11.1 Å². The van der Waals surface area contributed by atoms with Crippen molar-refractivity contribution < 1.29 is 4.79 Å². The standard InChI is InChI=1S/C15H28N4O/c1-4-7-15(11-16,8-5-2)14(20)19-12(6-3)13-17-9-10-18-13/h9-10,12H,4-8,11,16H2,1-3H3,(H,17,18)(H,19,20). The summed E-state index contributed by atoms with van der Waals surface area (Å²) in [4.78, 5) is 20.0. The zero-order valence-electron chi connectivity index (χ0n) is 12.9. The average Bonchev–Trinajstić information content (AvgIpc) is 2.98. The van der Waals surface area contributed by atoms with Crippen molar-refractivity contribution in [2.75, 3.05) is 6.54 Å². The number of carbonyl (C=O) groups excluding carboxylic acids is 1. The summed E-state index contributed by atoms with van der Waals surface area (Å²) in [5.41, 5.74) is 5.49. The smallest absolute Gasteiger partial charge is 0.228 e. The Labute approximate surface area is 121 Å². The molecule has 5 heteroatoms. The molecule has 0 aliphatic carbocycles. The minimum atomic E-state index is -0.441. The lowest BCUT2D eigenvalue weighted by Crippen LogP contribution is -2.47. The summed E-state index contributed by atoms with van der Waals surface area (Å²) in [6.07, 6.45) is 7.87. The number of H-pyrrole nitrogens is 1. The second-order valence-corrected chi connectivity index (χ2v) is 5.39. The Morgan fingerprint density at radius 3 is 2.45 bits per heavy atom. The lowest BCUT2D eigenvalue weighted by molar-refractivity contribution is -0.132. The Morgan fingerprint density at radius 1 is 1.40 bits per heavy atom. The van der Waals surface area contributed by atoms with Gasteiger partial charge in [0.1, 0.15) is 5.82 Å². The minimum Gasteiger partial charge on any atom is -0.347 e. The Hall–Kier alpha value is -1.36. The average molecular weight is 280 g/mol. The van der Waals surface area contributed by atoms with E-state index in [9.17, 15) is 4.79 Å². The summed E-state index contributed by atoms with van der Waals surface area (Å²) < 4.78 is 0. The molecule has 0 saturated heterocycles. The van der Waals surface area contributed by atoms with Gasteiger partial charge in [0, 0.05) is 18.9 Å². The van der Waals surface area contributed by atoms with E-state index in [1.807, 2.05) is 6.92 Å². The fraction of sp³-hybridized carbons (Fsp3) is 0.733. The fourth-order valence-corrected chi connectivity index (χ4v) is 2.75. The third-order valence-corrected chi connectivity index (χ3v) is 3.89. The Balaban J connectivity index is 2.83. The van der Waals surface area contributed by atoms with Crippen LogP contribution in [0.5, 0.6) is 0 Å². The first-order valence-corrected chi connectivity index (χ1v) is 7.63. The van der Waals surface area contributed by atoms with E-state index in [-0.39, 0.29) is 11.9 Å². The SMILES string of the molecule is CCCC(CN)(CCC)C(=O)NC(CC)c1ncc[nH]1. The lowest BCUT2D eigenvalue weighted by atomic mass is 9.78. The highest BCUT2D eigenvalue weighted by atomic mass is 16.2. The maximum atomic E-state index is 12.7. The quantitative estimate of drug-likeness (QED) is 0.650. The van der Waals surface area contributed by atoms with Crippen molar-refractivity contribution in [2.45, 2.75) is 58.9 Å². The third kappa shape index (κ3) is 3.82. The van der Waals surface area contributed by atoms with Crippen molar-refractivity contribution in [2.24, 2.45) is 11.1 Å². The first-order chi connectivity index (χ1) is 9.63. The van der Waals surface area contributed by atoms with Crippen molar-refractivity contribution in [3.63, 3.8) is 0 Å². The highest BCUT2D eigenvalue weighted by molar-refractivity contribution is 5.83. The number of aromatic nitrogens is 2. The topological polar surface area (TPSA) is 83.8 Å². The van der Waals surface area contributed by atoms with Gasteiger partial charge in [0.15, 0.2) is 0 Å². The van der Waals surface area contributed by atoms with Crippen LogP contribution in [0.3, 0.4) is 0 Å². The maximum Gasteiger partial charge on any atom is 0.228 e. The van der Waals surface area contributed by atoms with Gasteiger partial charge in [-0.3, -0.25) is 4.79 Å². The molecule has 1 unspecified atom stereocenters. The molecule has 0 saturated carbocycles. The van der Waals surface area contributed by atoms with E-state index in [0.717, 1.165) is 37.9 Å². The fourth-order valence-electron chi connectivity index (χ4n) is 2.75. The number of hydrogen-bond acceptors (Lipinski definition) is 3. The molecule has 1 amide bonds. The highest BCUT2D eigenvalue weighted by Gasteiger charge is 2.36. The van der Waals surface area contributed by atoms with Gasteiger partial charge in [0.05, 0.1) is 11.5 Å². The van der Waals surface area contributed by atoms with Gasteiger partial charge in [0.2, 0.25) is 5.91 Å². The summed E-state index contributed by atoms with van der Waals surface area (Å²) in [5, 5.41) is 3.12. The van der Waals surface area contributed by atoms with Crippen molar-refractivity contribution in [3.8, 4) is 0 Å². The van der Waals surface area contributed by atoms with Crippen molar-refractivity contribution >= 4 is 5.91 Å². The first-order valence-electron chi connectivity index (χ1n) is 7.63. The van der Waals surface area contributed by atoms with Crippen LogP contribution in [0.2, 0.25) is 0 Å². The van der Waals surface area contributed by atoms with Crippen LogP contribution in [0, 0.1) is 5.41 Å². The molecule has 0 bridgehead atoms. The normalized spacial score (nSPS) is 13.2. The van der Waals surface area contributed by atoms with E-state index in [2.05, 4.69) is 29.1 Å². The molecule has 114 valence electrons. The van der Waals surface area contributed by atoms with E-state index in [1.54, 1.807) is 12.4 Å². The van der Waals surface area contributed by atoms with E-state index in [0.29, 0.717) is 6.54 Å². The monoisotopic (exact) mass is 280 g/mol. The van der Waals surface area contributed by atoms with E-state index < -0.39 is 5.41 Å². The van der Waals surface area contributed by atoms with Crippen molar-refractivity contribution in [1.29, 1.82) is 0 Å². The highest BCUT2D eigenvalue weighted by Crippen LogP contribution is 2.30. The predicted molar refractivity (Wildman–Crippen MR) is 81.1 cm³/mol. The molecule has 0 spiro atoms. The number of nitrogens with two attached hydrogens (primary N) is 1. The molecular weight excluding hydrogens is 252 g/mol. The van der Waals surface area contributed by atoms with Crippen LogP contribution in [0.15, 0.2) is 12.4 Å². The number of hydrogen-bond donors (Lipinski definition) is 3. The second-order valence-electron chi connectivity index (χ2n) is 5.39. The van der Waals surface area contributed by atoms with Crippen LogP contribution in [-0.2, 0) is 4.79 Å². The largest absolute Gasteiger partial charge is 0.347 e. The number of nitrogens with zero attached hydrogens (tertiary/aromatic N) is 1. The third-order valence-electron chi connectivity index (χ3n) is 3.89. The summed E-state index contributed by atoms with van der Waals surface area (Å²) in [5.74, 6) is 0.867. The number of amides is 1. The first kappa shape index (κ1) is 16.7. The molecule has 0 aliphatic rings. The summed E-state index contributed by atoms with van der Waals surface area (Å²) >= 11 is 0. The van der Waals surface area contributed by atoms with Crippen molar-refractivity contribution in [1.82, 2.24) is 15.3 Å². The molecule has 1 heterocycles. The molecule has 4 N–H and O–H groups in total. The molecular formula is C15H28N4O. The molecule has 0 radical (unpaired) electrons. The molecule has 0 fully saturated rings. The minimum absolute atomic E-state index is 0.0620. The van der Waals surface area contributed by atoms with Crippen molar-refractivity contribution in [3.05, 3.63) is 18.2 Å². The van der Waals surface area contributed by atoms with Gasteiger partial charge in [0.25, 0.3) is 0 Å². The summed E-state index contributed by atoms with van der Waals surface area (Å²) in [6.45, 7) is 6.63. The summed E-state index contributed by atoms with van der Waals surface area (Å²) in [6, 6.07) is -0.0721. The summed E-state index contributed by atoms with van der Waals surface area (Å²) in [7, 11) is 0. The molecule has 1 aromatic rings. The van der Waals surface area contributed by atoms with Crippen LogP contribution >= 0.6 is 0 Å². The Kier molecular flexibility index (Phi) is 6.71. The second kappa shape index (κ2) is 8.04. The number of rotatable bonds is 9. The van der Waals surface area contributed by atoms with Gasteiger partial charge >= 0.3 is 0 Å². The van der Waals surface area contributed by atoms with Crippen LogP contribution in [0.25, 0.3) is 0 Å². The van der Waals surface area contributed by atoms with Crippen LogP contribution in [0.1, 0.15) is 64.7 Å². The number of imidazole rings is 1. The molecule has 1 rings (SSSR count). The van der Waals surface area contributed by atoms with Gasteiger partial charge in [-0.25, -0.2) is 4.98 Å². The zero-order valence-corrected chi connectivity index (χ0v) is 12.9. The Bertz CT molecular complexity index is 383. The van der Waals surface area contributed by atoms with Gasteiger partial charge < -0.3 is 16.0 Å². The van der Waals surface area contributed by atoms with Crippen LogP contribution in [-0.4, -0.2) is 22.4 Å². The molecule has 1 aromatic heterocycles. The number of nitrogens with one attached hydrogen (secondary N) is 2. The molecule has 1 atom stereocenters. The molecule has 5 nitrogen and oxygen atoms in total. The van der Waals surface area contributed by atoms with Crippen LogP contribution in [0.4, 0.5) is 0 Å². The molecule has 0 aliphatic heterocycles. The maximum absolute atomic E-state index is 12.7. The molecule has 0 aromatic carbocycles. The van der Waals surface area contributed by atoms with E-state index in [1.165, 1.54) is 0 Å². The van der Waals surface area contributed by atoms with E-state index >= 15 is 0 Å². The van der Waals surface area contributed by atoms with E-state index in [4.69, 9.17) is 5.73 Å². The zero-order chi connectivity index (χ0) is 15.0. The van der Waals surface area contributed by atoms with Gasteiger partial charge in [-0.15, -0.1) is 0 Å².